The number of carbonyl (C=O) groups is 1. The molecule has 0 aliphatic rings. The van der Waals surface area contributed by atoms with Gasteiger partial charge >= 0.3 is 5.97 Å². The van der Waals surface area contributed by atoms with E-state index in [0.29, 0.717) is 15.6 Å². The fraction of sp³-hybridized carbons (Fsp3) is 0.0667. The Morgan fingerprint density at radius 1 is 1.43 bits per heavy atom. The van der Waals surface area contributed by atoms with E-state index in [2.05, 4.69) is 20.9 Å². The molecule has 1 heterocycles. The van der Waals surface area contributed by atoms with E-state index in [9.17, 15) is 14.9 Å². The van der Waals surface area contributed by atoms with Gasteiger partial charge in [0.2, 0.25) is 6.20 Å². The maximum Gasteiger partial charge on any atom is 0.345 e. The molecule has 118 valence electrons. The summed E-state index contributed by atoms with van der Waals surface area (Å²) in [6, 6.07) is 6.29. The number of benzene rings is 1. The molecule has 0 radical (unpaired) electrons. The molecule has 0 unspecified atom stereocenters. The van der Waals surface area contributed by atoms with E-state index in [1.165, 1.54) is 25.4 Å². The highest BCUT2D eigenvalue weighted by atomic mass is 79.9. The zero-order chi connectivity index (χ0) is 16.8. The zero-order valence-corrected chi connectivity index (χ0v) is 13.5. The minimum Gasteiger partial charge on any atom is -0.493 e. The Bertz CT molecular complexity index is 762. The molecule has 0 N–H and O–H groups in total. The molecule has 0 amide bonds. The summed E-state index contributed by atoms with van der Waals surface area (Å²) in [5.74, 6) is -0.148. The van der Waals surface area contributed by atoms with Crippen LogP contribution in [0.2, 0.25) is 0 Å². The van der Waals surface area contributed by atoms with Gasteiger partial charge in [-0.3, -0.25) is 15.1 Å². The molecule has 0 saturated carbocycles. The minimum atomic E-state index is -0.592. The molecule has 2 rings (SSSR count). The van der Waals surface area contributed by atoms with Crippen molar-refractivity contribution in [1.82, 2.24) is 4.98 Å². The lowest BCUT2D eigenvalue weighted by Crippen LogP contribution is -2.10. The van der Waals surface area contributed by atoms with Crippen LogP contribution < -0.4 is 9.47 Å². The Hall–Kier alpha value is -2.74. The Morgan fingerprint density at radius 3 is 2.83 bits per heavy atom. The first-order valence-electron chi connectivity index (χ1n) is 6.32. The first-order valence-corrected chi connectivity index (χ1v) is 7.12. The van der Waals surface area contributed by atoms with E-state index in [1.54, 1.807) is 24.4 Å². The summed E-state index contributed by atoms with van der Waals surface area (Å²) in [5.41, 5.74) is 0.811. The van der Waals surface area contributed by atoms with Crippen LogP contribution in [0.4, 0.5) is 0 Å². The number of pyridine rings is 1. The lowest BCUT2D eigenvalue weighted by atomic mass is 10.2. The molecule has 2 aromatic rings. The van der Waals surface area contributed by atoms with Gasteiger partial charge in [0.25, 0.3) is 0 Å². The van der Waals surface area contributed by atoms with Gasteiger partial charge in [0.1, 0.15) is 0 Å². The predicted octanol–water partition coefficient (Wildman–Crippen LogP) is 3.32. The summed E-state index contributed by atoms with van der Waals surface area (Å²) in [4.78, 5) is 25.8. The second-order valence-corrected chi connectivity index (χ2v) is 5.12. The van der Waals surface area contributed by atoms with Gasteiger partial charge in [0, 0.05) is 18.5 Å². The average molecular weight is 379 g/mol. The number of aromatic nitrogens is 1. The molecule has 0 atom stereocenters. The van der Waals surface area contributed by atoms with E-state index < -0.39 is 10.9 Å². The van der Waals surface area contributed by atoms with Crippen molar-refractivity contribution in [2.75, 3.05) is 7.11 Å². The quantitative estimate of drug-likeness (QED) is 0.343. The number of ether oxygens (including phenoxy) is 2. The Kier molecular flexibility index (Phi) is 5.42. The highest BCUT2D eigenvalue weighted by molar-refractivity contribution is 9.10. The highest BCUT2D eigenvalue weighted by Gasteiger charge is 2.16. The van der Waals surface area contributed by atoms with Gasteiger partial charge < -0.3 is 9.47 Å². The van der Waals surface area contributed by atoms with Gasteiger partial charge in [0.05, 0.1) is 22.1 Å². The number of halogens is 1. The number of hydrogen-bond donors (Lipinski definition) is 0. The molecule has 1 aromatic heterocycles. The third-order valence-electron chi connectivity index (χ3n) is 2.73. The first kappa shape index (κ1) is 16.6. The molecular weight excluding hydrogens is 368 g/mol. The normalized spacial score (nSPS) is 10.5. The summed E-state index contributed by atoms with van der Waals surface area (Å²) in [6.07, 6.45) is 5.04. The van der Waals surface area contributed by atoms with Crippen LogP contribution in [-0.4, -0.2) is 23.0 Å². The molecule has 1 aromatic carbocycles. The third kappa shape index (κ3) is 4.36. The SMILES string of the molecule is COc1cc(/C=C/[N+](=O)[O-])cc(Br)c1OC(=O)c1cccnc1. The second-order valence-electron chi connectivity index (χ2n) is 4.27. The van der Waals surface area contributed by atoms with Crippen LogP contribution in [0.3, 0.4) is 0 Å². The number of nitro groups is 1. The molecule has 0 aliphatic heterocycles. The largest absolute Gasteiger partial charge is 0.493 e. The number of methoxy groups -OCH3 is 1. The lowest BCUT2D eigenvalue weighted by molar-refractivity contribution is -0.400. The first-order chi connectivity index (χ1) is 11.0. The third-order valence-corrected chi connectivity index (χ3v) is 3.32. The van der Waals surface area contributed by atoms with Crippen LogP contribution >= 0.6 is 15.9 Å². The van der Waals surface area contributed by atoms with Crippen molar-refractivity contribution in [3.8, 4) is 11.5 Å². The Balaban J connectivity index is 2.31. The predicted molar refractivity (Wildman–Crippen MR) is 85.9 cm³/mol. The second kappa shape index (κ2) is 7.50. The van der Waals surface area contributed by atoms with Crippen LogP contribution in [0.25, 0.3) is 6.08 Å². The molecule has 8 heteroatoms. The van der Waals surface area contributed by atoms with E-state index in [4.69, 9.17) is 9.47 Å². The highest BCUT2D eigenvalue weighted by Crippen LogP contribution is 2.37. The fourth-order valence-corrected chi connectivity index (χ4v) is 2.26. The standard InChI is InChI=1S/C15H11BrN2O5/c1-22-13-8-10(4-6-18(20)21)7-12(16)14(13)23-15(19)11-3-2-5-17-9-11/h2-9H,1H3/b6-4+. The minimum absolute atomic E-state index is 0.180. The summed E-state index contributed by atoms with van der Waals surface area (Å²) >= 11 is 3.27. The van der Waals surface area contributed by atoms with Gasteiger partial charge in [-0.25, -0.2) is 4.79 Å². The smallest absolute Gasteiger partial charge is 0.345 e. The summed E-state index contributed by atoms with van der Waals surface area (Å²) < 4.78 is 10.9. The molecule has 0 spiro atoms. The maximum atomic E-state index is 12.1. The Labute approximate surface area is 139 Å². The van der Waals surface area contributed by atoms with Crippen LogP contribution in [-0.2, 0) is 0 Å². The van der Waals surface area contributed by atoms with Crippen molar-refractivity contribution < 1.29 is 19.2 Å². The van der Waals surface area contributed by atoms with Crippen molar-refractivity contribution in [2.45, 2.75) is 0 Å². The van der Waals surface area contributed by atoms with Crippen LogP contribution in [0.15, 0.2) is 47.3 Å². The Morgan fingerprint density at radius 2 is 2.22 bits per heavy atom. The number of hydrogen-bond acceptors (Lipinski definition) is 6. The van der Waals surface area contributed by atoms with E-state index >= 15 is 0 Å². The number of esters is 1. The molecule has 7 nitrogen and oxygen atoms in total. The summed E-state index contributed by atoms with van der Waals surface area (Å²) in [6.45, 7) is 0. The zero-order valence-electron chi connectivity index (χ0n) is 11.9. The molecule has 0 fully saturated rings. The van der Waals surface area contributed by atoms with E-state index in [1.807, 2.05) is 0 Å². The van der Waals surface area contributed by atoms with Gasteiger partial charge in [-0.05, 0) is 45.8 Å². The van der Waals surface area contributed by atoms with Gasteiger partial charge in [-0.15, -0.1) is 0 Å². The lowest BCUT2D eigenvalue weighted by Gasteiger charge is -2.12. The van der Waals surface area contributed by atoms with Crippen LogP contribution in [0, 0.1) is 10.1 Å². The average Bonchev–Trinajstić information content (AvgIpc) is 2.55. The molecule has 0 aliphatic carbocycles. The molecule has 0 saturated heterocycles. The molecule has 23 heavy (non-hydrogen) atoms. The topological polar surface area (TPSA) is 91.6 Å². The van der Waals surface area contributed by atoms with Crippen LogP contribution in [0.5, 0.6) is 11.5 Å². The van der Waals surface area contributed by atoms with Crippen molar-refractivity contribution in [2.24, 2.45) is 0 Å². The monoisotopic (exact) mass is 378 g/mol. The van der Waals surface area contributed by atoms with Gasteiger partial charge in [0.15, 0.2) is 11.5 Å². The molecule has 0 bridgehead atoms. The molecular formula is C15H11BrN2O5. The van der Waals surface area contributed by atoms with Crippen LogP contribution in [0.1, 0.15) is 15.9 Å². The fourth-order valence-electron chi connectivity index (χ4n) is 1.72. The van der Waals surface area contributed by atoms with Crippen molar-refractivity contribution >= 4 is 28.0 Å². The van der Waals surface area contributed by atoms with Crippen molar-refractivity contribution in [1.29, 1.82) is 0 Å². The summed E-state index contributed by atoms with van der Waals surface area (Å²) in [5, 5.41) is 10.4. The maximum absolute atomic E-state index is 12.1. The van der Waals surface area contributed by atoms with Crippen molar-refractivity contribution in [3.63, 3.8) is 0 Å². The van der Waals surface area contributed by atoms with E-state index in [0.717, 1.165) is 6.20 Å². The van der Waals surface area contributed by atoms with Gasteiger partial charge in [-0.1, -0.05) is 0 Å². The van der Waals surface area contributed by atoms with Gasteiger partial charge in [-0.2, -0.15) is 0 Å². The van der Waals surface area contributed by atoms with E-state index in [-0.39, 0.29) is 11.5 Å². The number of rotatable bonds is 5. The number of nitrogens with zero attached hydrogens (tertiary/aromatic N) is 2. The van der Waals surface area contributed by atoms with Crippen molar-refractivity contribution in [3.05, 3.63) is 68.6 Å². The summed E-state index contributed by atoms with van der Waals surface area (Å²) in [7, 11) is 1.41. The number of carbonyl (C=O) groups excluding carboxylic acids is 1.